The number of hydrogen-bond donors (Lipinski definition) is 1. The van der Waals surface area contributed by atoms with Crippen molar-refractivity contribution in [3.05, 3.63) is 69.1 Å². The first-order valence-electron chi connectivity index (χ1n) is 8.15. The van der Waals surface area contributed by atoms with Crippen LogP contribution in [0.4, 0.5) is 0 Å². The highest BCUT2D eigenvalue weighted by Gasteiger charge is 2.12. The van der Waals surface area contributed by atoms with Gasteiger partial charge in [-0.05, 0) is 43.2 Å². The van der Waals surface area contributed by atoms with E-state index in [1.807, 2.05) is 18.2 Å². The number of aryl methyl sites for hydroxylation is 1. The van der Waals surface area contributed by atoms with Gasteiger partial charge in [-0.1, -0.05) is 40.2 Å². The van der Waals surface area contributed by atoms with Gasteiger partial charge in [0.2, 0.25) is 0 Å². The number of hydrogen-bond acceptors (Lipinski definition) is 4. The molecule has 130 valence electrons. The van der Waals surface area contributed by atoms with Crippen LogP contribution in [0, 0.1) is 6.92 Å². The molecule has 3 aromatic rings. The summed E-state index contributed by atoms with van der Waals surface area (Å²) in [4.78, 5) is 4.77. The van der Waals surface area contributed by atoms with Crippen molar-refractivity contribution >= 4 is 27.3 Å². The van der Waals surface area contributed by atoms with Crippen molar-refractivity contribution in [3.8, 4) is 16.3 Å². The van der Waals surface area contributed by atoms with Crippen molar-refractivity contribution in [1.29, 1.82) is 0 Å². The predicted octanol–water partition coefficient (Wildman–Crippen LogP) is 5.74. The summed E-state index contributed by atoms with van der Waals surface area (Å²) in [5.74, 6) is 0.838. The second kappa shape index (κ2) is 8.13. The lowest BCUT2D eigenvalue weighted by Gasteiger charge is -2.15. The zero-order chi connectivity index (χ0) is 17.8. The van der Waals surface area contributed by atoms with Gasteiger partial charge in [-0.25, -0.2) is 4.98 Å². The van der Waals surface area contributed by atoms with Crippen LogP contribution >= 0.6 is 27.3 Å². The fourth-order valence-corrected chi connectivity index (χ4v) is 4.00. The molecule has 1 unspecified atom stereocenters. The van der Waals surface area contributed by atoms with Crippen molar-refractivity contribution in [1.82, 2.24) is 10.3 Å². The maximum Gasteiger partial charge on any atom is 0.129 e. The Morgan fingerprint density at radius 3 is 2.80 bits per heavy atom. The van der Waals surface area contributed by atoms with E-state index in [1.54, 1.807) is 18.4 Å². The smallest absolute Gasteiger partial charge is 0.129 e. The molecule has 0 fully saturated rings. The van der Waals surface area contributed by atoms with Crippen molar-refractivity contribution in [2.24, 2.45) is 0 Å². The number of ether oxygens (including phenoxy) is 1. The topological polar surface area (TPSA) is 34.1 Å². The molecule has 0 amide bonds. The lowest BCUT2D eigenvalue weighted by Crippen LogP contribution is -2.19. The molecule has 0 aliphatic rings. The van der Waals surface area contributed by atoms with Crippen LogP contribution in [0.1, 0.15) is 29.8 Å². The van der Waals surface area contributed by atoms with E-state index in [4.69, 9.17) is 9.72 Å². The van der Waals surface area contributed by atoms with Gasteiger partial charge in [0.05, 0.1) is 18.4 Å². The molecule has 1 aromatic heterocycles. The van der Waals surface area contributed by atoms with Crippen molar-refractivity contribution in [3.63, 3.8) is 0 Å². The maximum atomic E-state index is 5.46. The first-order valence-corrected chi connectivity index (χ1v) is 9.83. The first kappa shape index (κ1) is 18.1. The molecule has 0 saturated carbocycles. The minimum Gasteiger partial charge on any atom is -0.496 e. The summed E-state index contributed by atoms with van der Waals surface area (Å²) in [6, 6.07) is 14.7. The molecule has 3 rings (SSSR count). The number of thiazole rings is 1. The molecule has 0 aliphatic carbocycles. The number of nitrogens with one attached hydrogen (secondary N) is 1. The molecular formula is C20H21BrN2OS. The standard InChI is InChI=1S/C20H21BrN2OS/c1-13-6-4-5-7-17(13)14(2)22-11-16-12-25-20(23-16)18-10-15(21)8-9-19(18)24-3/h4-10,12,14,22H,11H2,1-3H3. The van der Waals surface area contributed by atoms with Gasteiger partial charge in [-0.15, -0.1) is 11.3 Å². The Morgan fingerprint density at radius 1 is 1.24 bits per heavy atom. The van der Waals surface area contributed by atoms with Crippen LogP contribution in [-0.4, -0.2) is 12.1 Å². The summed E-state index contributed by atoms with van der Waals surface area (Å²) in [6.45, 7) is 5.07. The van der Waals surface area contributed by atoms with Crippen LogP contribution < -0.4 is 10.1 Å². The molecule has 0 bridgehead atoms. The average molecular weight is 417 g/mol. The SMILES string of the molecule is COc1ccc(Br)cc1-c1nc(CNC(C)c2ccccc2C)cs1. The monoisotopic (exact) mass is 416 g/mol. The van der Waals surface area contributed by atoms with E-state index in [1.165, 1.54) is 11.1 Å². The summed E-state index contributed by atoms with van der Waals surface area (Å²) in [5, 5.41) is 6.64. The van der Waals surface area contributed by atoms with E-state index in [0.29, 0.717) is 0 Å². The summed E-state index contributed by atoms with van der Waals surface area (Å²) in [6.07, 6.45) is 0. The Balaban J connectivity index is 1.72. The lowest BCUT2D eigenvalue weighted by atomic mass is 10.0. The number of methoxy groups -OCH3 is 1. The van der Waals surface area contributed by atoms with Gasteiger partial charge in [0.15, 0.2) is 0 Å². The summed E-state index contributed by atoms with van der Waals surface area (Å²) in [5.41, 5.74) is 4.69. The van der Waals surface area contributed by atoms with Crippen LogP contribution in [0.15, 0.2) is 52.3 Å². The third-order valence-corrected chi connectivity index (χ3v) is 5.61. The van der Waals surface area contributed by atoms with Gasteiger partial charge in [-0.3, -0.25) is 0 Å². The Morgan fingerprint density at radius 2 is 2.04 bits per heavy atom. The fourth-order valence-electron chi connectivity index (χ4n) is 2.80. The molecular weight excluding hydrogens is 396 g/mol. The number of halogens is 1. The highest BCUT2D eigenvalue weighted by molar-refractivity contribution is 9.10. The molecule has 5 heteroatoms. The van der Waals surface area contributed by atoms with E-state index in [2.05, 4.69) is 64.7 Å². The zero-order valence-corrected chi connectivity index (χ0v) is 16.9. The van der Waals surface area contributed by atoms with Crippen LogP contribution in [0.3, 0.4) is 0 Å². The quantitative estimate of drug-likeness (QED) is 0.555. The second-order valence-corrected chi connectivity index (χ2v) is 7.72. The molecule has 0 spiro atoms. The lowest BCUT2D eigenvalue weighted by molar-refractivity contribution is 0.416. The van der Waals surface area contributed by atoms with Gasteiger partial charge < -0.3 is 10.1 Å². The first-order chi connectivity index (χ1) is 12.1. The number of aromatic nitrogens is 1. The number of rotatable bonds is 6. The molecule has 0 radical (unpaired) electrons. The predicted molar refractivity (Wildman–Crippen MR) is 108 cm³/mol. The van der Waals surface area contributed by atoms with Crippen LogP contribution in [0.5, 0.6) is 5.75 Å². The van der Waals surface area contributed by atoms with Crippen molar-refractivity contribution in [2.75, 3.05) is 7.11 Å². The van der Waals surface area contributed by atoms with Crippen LogP contribution in [0.2, 0.25) is 0 Å². The molecule has 3 nitrogen and oxygen atoms in total. The molecule has 25 heavy (non-hydrogen) atoms. The van der Waals surface area contributed by atoms with E-state index >= 15 is 0 Å². The average Bonchev–Trinajstić information content (AvgIpc) is 3.09. The minimum absolute atomic E-state index is 0.284. The summed E-state index contributed by atoms with van der Waals surface area (Å²) < 4.78 is 6.48. The highest BCUT2D eigenvalue weighted by atomic mass is 79.9. The molecule has 1 atom stereocenters. The molecule has 2 aromatic carbocycles. The van der Waals surface area contributed by atoms with Gasteiger partial charge in [0.25, 0.3) is 0 Å². The molecule has 0 saturated heterocycles. The number of nitrogens with zero attached hydrogens (tertiary/aromatic N) is 1. The van der Waals surface area contributed by atoms with Crippen LogP contribution in [-0.2, 0) is 6.54 Å². The van der Waals surface area contributed by atoms with Gasteiger partial charge in [-0.2, -0.15) is 0 Å². The van der Waals surface area contributed by atoms with Gasteiger partial charge in [0.1, 0.15) is 10.8 Å². The highest BCUT2D eigenvalue weighted by Crippen LogP contribution is 2.34. The maximum absolute atomic E-state index is 5.46. The Labute approximate surface area is 161 Å². The summed E-state index contributed by atoms with van der Waals surface area (Å²) >= 11 is 5.16. The fraction of sp³-hybridized carbons (Fsp3) is 0.250. The van der Waals surface area contributed by atoms with E-state index in [9.17, 15) is 0 Å². The molecule has 0 aliphatic heterocycles. The van der Waals surface area contributed by atoms with Crippen molar-refractivity contribution < 1.29 is 4.74 Å². The van der Waals surface area contributed by atoms with E-state index in [0.717, 1.165) is 33.0 Å². The third-order valence-electron chi connectivity index (χ3n) is 4.19. The van der Waals surface area contributed by atoms with Crippen LogP contribution in [0.25, 0.3) is 10.6 Å². The Bertz CT molecular complexity index is 862. The normalized spacial score (nSPS) is 12.2. The second-order valence-electron chi connectivity index (χ2n) is 5.95. The zero-order valence-electron chi connectivity index (χ0n) is 14.5. The Kier molecular flexibility index (Phi) is 5.89. The largest absolute Gasteiger partial charge is 0.496 e. The molecule has 1 N–H and O–H groups in total. The van der Waals surface area contributed by atoms with E-state index in [-0.39, 0.29) is 6.04 Å². The Hall–Kier alpha value is -1.69. The van der Waals surface area contributed by atoms with Gasteiger partial charge >= 0.3 is 0 Å². The summed E-state index contributed by atoms with van der Waals surface area (Å²) in [7, 11) is 1.69. The van der Waals surface area contributed by atoms with E-state index < -0.39 is 0 Å². The minimum atomic E-state index is 0.284. The third kappa shape index (κ3) is 4.29. The molecule has 1 heterocycles. The number of benzene rings is 2. The van der Waals surface area contributed by atoms with Gasteiger partial charge in [0, 0.05) is 22.4 Å². The van der Waals surface area contributed by atoms with Crippen molar-refractivity contribution in [2.45, 2.75) is 26.4 Å².